The van der Waals surface area contributed by atoms with Gasteiger partial charge < -0.3 is 14.5 Å². The number of ether oxygens (including phenoxy) is 1. The van der Waals surface area contributed by atoms with Crippen LogP contribution >= 0.6 is 11.3 Å². The van der Waals surface area contributed by atoms with Crippen LogP contribution in [0, 0.1) is 6.92 Å². The first kappa shape index (κ1) is 25.6. The molecular weight excluding hydrogens is 468 g/mol. The second-order valence-corrected chi connectivity index (χ2v) is 9.90. The predicted octanol–water partition coefficient (Wildman–Crippen LogP) is 5.92. The summed E-state index contributed by atoms with van der Waals surface area (Å²) in [5, 5.41) is 4.14. The largest absolute Gasteiger partial charge is 0.385 e. The zero-order valence-corrected chi connectivity index (χ0v) is 21.7. The highest BCUT2D eigenvalue weighted by Gasteiger charge is 2.23. The molecule has 0 unspecified atom stereocenters. The fraction of sp³-hybridized carbons (Fsp3) is 0.267. The maximum absolute atomic E-state index is 13.7. The minimum absolute atomic E-state index is 0.0205. The number of fused-ring (bicyclic) bond motifs is 1. The molecule has 0 spiro atoms. The van der Waals surface area contributed by atoms with E-state index in [0.717, 1.165) is 21.2 Å². The summed E-state index contributed by atoms with van der Waals surface area (Å²) in [6.45, 7) is 4.07. The van der Waals surface area contributed by atoms with E-state index in [-0.39, 0.29) is 18.4 Å². The van der Waals surface area contributed by atoms with Crippen molar-refractivity contribution < 1.29 is 14.3 Å². The summed E-state index contributed by atoms with van der Waals surface area (Å²) >= 11 is 1.65. The van der Waals surface area contributed by atoms with E-state index in [2.05, 4.69) is 18.4 Å². The second-order valence-electron chi connectivity index (χ2n) is 8.90. The van der Waals surface area contributed by atoms with Crippen LogP contribution in [0.3, 0.4) is 0 Å². The molecule has 5 nitrogen and oxygen atoms in total. The first-order valence-corrected chi connectivity index (χ1v) is 13.0. The lowest BCUT2D eigenvalue weighted by molar-refractivity contribution is -0.133. The van der Waals surface area contributed by atoms with Crippen molar-refractivity contribution in [2.45, 2.75) is 26.4 Å². The average Bonchev–Trinajstić information content (AvgIpc) is 3.31. The van der Waals surface area contributed by atoms with Crippen LogP contribution in [0.4, 0.5) is 0 Å². The fourth-order valence-corrected chi connectivity index (χ4v) is 5.12. The molecule has 0 N–H and O–H groups in total. The van der Waals surface area contributed by atoms with Crippen LogP contribution in [-0.4, -0.2) is 48.4 Å². The average molecular weight is 501 g/mol. The molecule has 0 radical (unpaired) electrons. The van der Waals surface area contributed by atoms with E-state index in [4.69, 9.17) is 4.74 Å². The summed E-state index contributed by atoms with van der Waals surface area (Å²) in [7, 11) is 1.64. The summed E-state index contributed by atoms with van der Waals surface area (Å²) in [5.74, 6) is -0.213. The van der Waals surface area contributed by atoms with Crippen molar-refractivity contribution in [3.63, 3.8) is 0 Å². The van der Waals surface area contributed by atoms with Crippen LogP contribution in [0.1, 0.15) is 32.8 Å². The number of aryl methyl sites for hydroxylation is 1. The van der Waals surface area contributed by atoms with Crippen molar-refractivity contribution >= 4 is 33.9 Å². The van der Waals surface area contributed by atoms with E-state index in [9.17, 15) is 9.59 Å². The van der Waals surface area contributed by atoms with Gasteiger partial charge in [0.15, 0.2) is 0 Å². The Morgan fingerprint density at radius 1 is 0.861 bits per heavy atom. The number of amides is 2. The van der Waals surface area contributed by atoms with E-state index in [1.807, 2.05) is 77.7 Å². The van der Waals surface area contributed by atoms with Crippen molar-refractivity contribution in [2.24, 2.45) is 0 Å². The number of carbonyl (C=O) groups is 2. The molecule has 4 aromatic rings. The molecule has 3 aromatic carbocycles. The zero-order chi connectivity index (χ0) is 25.3. The Morgan fingerprint density at radius 3 is 2.33 bits per heavy atom. The van der Waals surface area contributed by atoms with Gasteiger partial charge in [0, 0.05) is 37.2 Å². The molecule has 0 saturated carbocycles. The maximum Gasteiger partial charge on any atom is 0.254 e. The number of nitrogens with zero attached hydrogens (tertiary/aromatic N) is 2. The standard InChI is InChI=1S/C30H32N2O3S/c1-23-15-18-36-28(23)21-32(20-24-9-4-3-5-10-24)29(33)22-31(16-8-17-35-2)30(34)27-14-13-25-11-6-7-12-26(25)19-27/h3-7,9-15,18-19H,8,16-17,20-22H2,1-2H3. The highest BCUT2D eigenvalue weighted by Crippen LogP contribution is 2.21. The topological polar surface area (TPSA) is 49.9 Å². The molecule has 0 saturated heterocycles. The van der Waals surface area contributed by atoms with Crippen LogP contribution in [-0.2, 0) is 22.6 Å². The van der Waals surface area contributed by atoms with E-state index in [1.54, 1.807) is 23.3 Å². The van der Waals surface area contributed by atoms with Crippen LogP contribution < -0.4 is 0 Å². The number of methoxy groups -OCH3 is 1. The third-order valence-corrected chi connectivity index (χ3v) is 7.27. The molecule has 0 aliphatic heterocycles. The molecule has 2 amide bonds. The van der Waals surface area contributed by atoms with Crippen molar-refractivity contribution in [2.75, 3.05) is 26.8 Å². The molecule has 186 valence electrons. The zero-order valence-electron chi connectivity index (χ0n) is 20.9. The molecule has 0 aliphatic rings. The van der Waals surface area contributed by atoms with Gasteiger partial charge in [0.1, 0.15) is 6.54 Å². The Balaban J connectivity index is 1.57. The molecular formula is C30H32N2O3S. The smallest absolute Gasteiger partial charge is 0.254 e. The van der Waals surface area contributed by atoms with Gasteiger partial charge in [-0.2, -0.15) is 0 Å². The van der Waals surface area contributed by atoms with Gasteiger partial charge in [-0.1, -0.05) is 60.7 Å². The van der Waals surface area contributed by atoms with Gasteiger partial charge >= 0.3 is 0 Å². The Bertz CT molecular complexity index is 1300. The Hall–Kier alpha value is -3.48. The van der Waals surface area contributed by atoms with Crippen molar-refractivity contribution in [3.05, 3.63) is 106 Å². The highest BCUT2D eigenvalue weighted by molar-refractivity contribution is 7.10. The van der Waals surface area contributed by atoms with E-state index in [0.29, 0.717) is 38.2 Å². The fourth-order valence-electron chi connectivity index (χ4n) is 4.20. The second kappa shape index (κ2) is 12.5. The number of thiophene rings is 1. The van der Waals surface area contributed by atoms with Crippen molar-refractivity contribution in [1.82, 2.24) is 9.80 Å². The molecule has 0 aliphatic carbocycles. The lowest BCUT2D eigenvalue weighted by Gasteiger charge is -2.28. The first-order valence-electron chi connectivity index (χ1n) is 12.2. The van der Waals surface area contributed by atoms with Crippen LogP contribution in [0.15, 0.2) is 84.2 Å². The predicted molar refractivity (Wildman–Crippen MR) is 146 cm³/mol. The summed E-state index contributed by atoms with van der Waals surface area (Å²) < 4.78 is 5.22. The number of hydrogen-bond donors (Lipinski definition) is 0. The number of hydrogen-bond acceptors (Lipinski definition) is 4. The van der Waals surface area contributed by atoms with E-state index >= 15 is 0 Å². The van der Waals surface area contributed by atoms with Gasteiger partial charge in [-0.15, -0.1) is 11.3 Å². The Morgan fingerprint density at radius 2 is 1.61 bits per heavy atom. The molecule has 1 aromatic heterocycles. The Kier molecular flexibility index (Phi) is 8.87. The maximum atomic E-state index is 13.7. The first-order chi connectivity index (χ1) is 17.5. The van der Waals surface area contributed by atoms with Crippen LogP contribution in [0.2, 0.25) is 0 Å². The van der Waals surface area contributed by atoms with E-state index < -0.39 is 0 Å². The van der Waals surface area contributed by atoms with Crippen LogP contribution in [0.5, 0.6) is 0 Å². The van der Waals surface area contributed by atoms with Gasteiger partial charge in [0.05, 0.1) is 6.54 Å². The quantitative estimate of drug-likeness (QED) is 0.240. The SMILES string of the molecule is COCCCN(CC(=O)N(Cc1ccccc1)Cc1sccc1C)C(=O)c1ccc2ccccc2c1. The van der Waals surface area contributed by atoms with Crippen molar-refractivity contribution in [3.8, 4) is 0 Å². The van der Waals surface area contributed by atoms with Crippen LogP contribution in [0.25, 0.3) is 10.8 Å². The molecule has 4 rings (SSSR count). The molecule has 0 atom stereocenters. The van der Waals surface area contributed by atoms with Crippen molar-refractivity contribution in [1.29, 1.82) is 0 Å². The van der Waals surface area contributed by atoms with E-state index in [1.165, 1.54) is 5.56 Å². The summed E-state index contributed by atoms with van der Waals surface area (Å²) in [6, 6.07) is 25.7. The third kappa shape index (κ3) is 6.59. The molecule has 36 heavy (non-hydrogen) atoms. The summed E-state index contributed by atoms with van der Waals surface area (Å²) in [5.41, 5.74) is 2.82. The third-order valence-electron chi connectivity index (χ3n) is 6.26. The number of benzene rings is 3. The lowest BCUT2D eigenvalue weighted by Crippen LogP contribution is -2.43. The van der Waals surface area contributed by atoms with Gasteiger partial charge in [-0.3, -0.25) is 9.59 Å². The normalized spacial score (nSPS) is 10.9. The Labute approximate surface area is 216 Å². The van der Waals surface area contributed by atoms with Gasteiger partial charge in [0.2, 0.25) is 5.91 Å². The molecule has 0 bridgehead atoms. The van der Waals surface area contributed by atoms with Gasteiger partial charge in [0.25, 0.3) is 5.91 Å². The molecule has 1 heterocycles. The number of rotatable bonds is 11. The van der Waals surface area contributed by atoms with Gasteiger partial charge in [-0.25, -0.2) is 0 Å². The summed E-state index contributed by atoms with van der Waals surface area (Å²) in [4.78, 5) is 31.9. The lowest BCUT2D eigenvalue weighted by atomic mass is 10.1. The van der Waals surface area contributed by atoms with Gasteiger partial charge in [-0.05, 0) is 58.8 Å². The molecule has 0 fully saturated rings. The molecule has 6 heteroatoms. The summed E-state index contributed by atoms with van der Waals surface area (Å²) in [6.07, 6.45) is 0.659. The minimum Gasteiger partial charge on any atom is -0.385 e. The number of carbonyl (C=O) groups excluding carboxylic acids is 2. The monoisotopic (exact) mass is 500 g/mol. The minimum atomic E-state index is -0.142. The highest BCUT2D eigenvalue weighted by atomic mass is 32.1.